The molecule has 1 aromatic heterocycles. The van der Waals surface area contributed by atoms with Crippen molar-refractivity contribution in [2.45, 2.75) is 12.3 Å². The van der Waals surface area contributed by atoms with Gasteiger partial charge in [0.05, 0.1) is 17.6 Å². The van der Waals surface area contributed by atoms with Crippen molar-refractivity contribution in [2.75, 3.05) is 11.1 Å². The van der Waals surface area contributed by atoms with Crippen LogP contribution in [0.1, 0.15) is 17.9 Å². The van der Waals surface area contributed by atoms with Gasteiger partial charge in [-0.1, -0.05) is 30.3 Å². The van der Waals surface area contributed by atoms with Gasteiger partial charge in [-0.05, 0) is 24.0 Å². The zero-order valence-electron chi connectivity index (χ0n) is 10.4. The standard InChI is InChI=1S/C15H15N3O/c16-11-6-12(9-17-8-11)18-15(19)14-7-13(14)10-4-2-1-3-5-10/h1-6,8-9,13-14H,7,16H2,(H,18,19). The van der Waals surface area contributed by atoms with Crippen molar-refractivity contribution in [3.63, 3.8) is 0 Å². The maximum atomic E-state index is 12.1. The monoisotopic (exact) mass is 253 g/mol. The minimum absolute atomic E-state index is 0.0428. The van der Waals surface area contributed by atoms with E-state index in [1.807, 2.05) is 18.2 Å². The number of aromatic nitrogens is 1. The molecule has 3 N–H and O–H groups in total. The van der Waals surface area contributed by atoms with Crippen molar-refractivity contribution >= 4 is 17.3 Å². The zero-order valence-corrected chi connectivity index (χ0v) is 10.4. The third-order valence-electron chi connectivity index (χ3n) is 3.38. The number of carbonyl (C=O) groups excluding carboxylic acids is 1. The number of rotatable bonds is 3. The quantitative estimate of drug-likeness (QED) is 0.882. The summed E-state index contributed by atoms with van der Waals surface area (Å²) in [6, 6.07) is 11.8. The molecule has 19 heavy (non-hydrogen) atoms. The highest BCUT2D eigenvalue weighted by atomic mass is 16.2. The second kappa shape index (κ2) is 4.72. The lowest BCUT2D eigenvalue weighted by atomic mass is 10.1. The largest absolute Gasteiger partial charge is 0.397 e. The van der Waals surface area contributed by atoms with Crippen LogP contribution in [0.3, 0.4) is 0 Å². The molecule has 1 fully saturated rings. The van der Waals surface area contributed by atoms with E-state index < -0.39 is 0 Å². The van der Waals surface area contributed by atoms with E-state index in [9.17, 15) is 4.79 Å². The summed E-state index contributed by atoms with van der Waals surface area (Å²) in [4.78, 5) is 16.0. The molecule has 4 nitrogen and oxygen atoms in total. The highest BCUT2D eigenvalue weighted by Crippen LogP contribution is 2.47. The Labute approximate surface area is 111 Å². The number of pyridine rings is 1. The Morgan fingerprint density at radius 2 is 2.05 bits per heavy atom. The highest BCUT2D eigenvalue weighted by Gasteiger charge is 2.43. The van der Waals surface area contributed by atoms with Gasteiger partial charge in [0.1, 0.15) is 0 Å². The summed E-state index contributed by atoms with van der Waals surface area (Å²) in [6.45, 7) is 0. The van der Waals surface area contributed by atoms with Crippen LogP contribution in [0.25, 0.3) is 0 Å². The second-order valence-corrected chi connectivity index (χ2v) is 4.86. The topological polar surface area (TPSA) is 68.0 Å². The minimum Gasteiger partial charge on any atom is -0.397 e. The number of benzene rings is 1. The Morgan fingerprint density at radius 3 is 2.79 bits per heavy atom. The first kappa shape index (κ1) is 11.7. The van der Waals surface area contributed by atoms with E-state index in [1.54, 1.807) is 18.5 Å². The normalized spacial score (nSPS) is 20.8. The van der Waals surface area contributed by atoms with Gasteiger partial charge in [-0.25, -0.2) is 0 Å². The molecule has 1 aliphatic rings. The van der Waals surface area contributed by atoms with Gasteiger partial charge in [0.2, 0.25) is 5.91 Å². The first-order valence-corrected chi connectivity index (χ1v) is 6.30. The first-order valence-electron chi connectivity index (χ1n) is 6.30. The molecule has 2 unspecified atom stereocenters. The van der Waals surface area contributed by atoms with Crippen LogP contribution >= 0.6 is 0 Å². The number of anilines is 2. The number of hydrogen-bond donors (Lipinski definition) is 2. The maximum absolute atomic E-state index is 12.1. The van der Waals surface area contributed by atoms with E-state index in [0.29, 0.717) is 17.3 Å². The molecule has 96 valence electrons. The molecule has 1 aliphatic carbocycles. The van der Waals surface area contributed by atoms with Crippen LogP contribution in [-0.4, -0.2) is 10.9 Å². The van der Waals surface area contributed by atoms with E-state index >= 15 is 0 Å². The third kappa shape index (κ3) is 2.57. The molecule has 0 aliphatic heterocycles. The van der Waals surface area contributed by atoms with Gasteiger partial charge in [-0.3, -0.25) is 9.78 Å². The average Bonchev–Trinajstić information content (AvgIpc) is 3.20. The van der Waals surface area contributed by atoms with E-state index in [0.717, 1.165) is 6.42 Å². The van der Waals surface area contributed by atoms with Gasteiger partial charge in [0.15, 0.2) is 0 Å². The van der Waals surface area contributed by atoms with Crippen LogP contribution in [0.2, 0.25) is 0 Å². The number of amides is 1. The summed E-state index contributed by atoms with van der Waals surface area (Å²) >= 11 is 0. The molecule has 0 saturated heterocycles. The fourth-order valence-corrected chi connectivity index (χ4v) is 2.31. The summed E-state index contributed by atoms with van der Waals surface area (Å²) < 4.78 is 0. The summed E-state index contributed by atoms with van der Waals surface area (Å²) in [6.07, 6.45) is 4.07. The van der Waals surface area contributed by atoms with Gasteiger partial charge in [0.25, 0.3) is 0 Å². The van der Waals surface area contributed by atoms with Crippen LogP contribution in [0.4, 0.5) is 11.4 Å². The van der Waals surface area contributed by atoms with Crippen LogP contribution in [0, 0.1) is 5.92 Å². The molecule has 1 amide bonds. The molecule has 3 rings (SSSR count). The fourth-order valence-electron chi connectivity index (χ4n) is 2.31. The number of nitrogen functional groups attached to an aromatic ring is 1. The summed E-state index contributed by atoms with van der Waals surface area (Å²) in [5.41, 5.74) is 8.07. The second-order valence-electron chi connectivity index (χ2n) is 4.86. The molecular formula is C15H15N3O. The molecule has 1 saturated carbocycles. The Kier molecular flexibility index (Phi) is 2.91. The lowest BCUT2D eigenvalue weighted by Gasteiger charge is -2.05. The first-order chi connectivity index (χ1) is 9.24. The van der Waals surface area contributed by atoms with Crippen molar-refractivity contribution in [1.82, 2.24) is 4.98 Å². The van der Waals surface area contributed by atoms with Crippen LogP contribution in [-0.2, 0) is 4.79 Å². The van der Waals surface area contributed by atoms with Crippen molar-refractivity contribution in [1.29, 1.82) is 0 Å². The van der Waals surface area contributed by atoms with E-state index in [-0.39, 0.29) is 11.8 Å². The molecular weight excluding hydrogens is 238 g/mol. The Morgan fingerprint density at radius 1 is 1.26 bits per heavy atom. The number of nitrogens with two attached hydrogens (primary N) is 1. The van der Waals surface area contributed by atoms with Crippen LogP contribution < -0.4 is 11.1 Å². The SMILES string of the molecule is Nc1cncc(NC(=O)C2CC2c2ccccc2)c1. The van der Waals surface area contributed by atoms with Crippen molar-refractivity contribution in [3.8, 4) is 0 Å². The predicted octanol–water partition coefficient (Wildman–Crippen LogP) is 2.41. The Balaban J connectivity index is 1.64. The van der Waals surface area contributed by atoms with Gasteiger partial charge >= 0.3 is 0 Å². The minimum atomic E-state index is 0.0428. The third-order valence-corrected chi connectivity index (χ3v) is 3.38. The van der Waals surface area contributed by atoms with E-state index in [4.69, 9.17) is 5.73 Å². The van der Waals surface area contributed by atoms with Gasteiger partial charge < -0.3 is 11.1 Å². The predicted molar refractivity (Wildman–Crippen MR) is 74.6 cm³/mol. The summed E-state index contributed by atoms with van der Waals surface area (Å²) in [5, 5.41) is 2.86. The van der Waals surface area contributed by atoms with Crippen molar-refractivity contribution in [3.05, 3.63) is 54.4 Å². The van der Waals surface area contributed by atoms with Gasteiger partial charge in [0, 0.05) is 12.1 Å². The smallest absolute Gasteiger partial charge is 0.228 e. The molecule has 0 bridgehead atoms. The molecule has 2 atom stereocenters. The molecule has 1 heterocycles. The number of hydrogen-bond acceptors (Lipinski definition) is 3. The summed E-state index contributed by atoms with van der Waals surface area (Å²) in [5.74, 6) is 0.445. The number of nitrogens with one attached hydrogen (secondary N) is 1. The number of nitrogens with zero attached hydrogens (tertiary/aromatic N) is 1. The Hall–Kier alpha value is -2.36. The molecule has 0 radical (unpaired) electrons. The lowest BCUT2D eigenvalue weighted by Crippen LogP contribution is -2.14. The molecule has 0 spiro atoms. The average molecular weight is 253 g/mol. The van der Waals surface area contributed by atoms with Crippen LogP contribution in [0.15, 0.2) is 48.8 Å². The highest BCUT2D eigenvalue weighted by molar-refractivity contribution is 5.95. The van der Waals surface area contributed by atoms with Crippen molar-refractivity contribution in [2.24, 2.45) is 5.92 Å². The van der Waals surface area contributed by atoms with E-state index in [1.165, 1.54) is 5.56 Å². The van der Waals surface area contributed by atoms with Gasteiger partial charge in [-0.2, -0.15) is 0 Å². The van der Waals surface area contributed by atoms with Gasteiger partial charge in [-0.15, -0.1) is 0 Å². The van der Waals surface area contributed by atoms with E-state index in [2.05, 4.69) is 22.4 Å². The summed E-state index contributed by atoms with van der Waals surface area (Å²) in [7, 11) is 0. The Bertz CT molecular complexity index is 597. The fraction of sp³-hybridized carbons (Fsp3) is 0.200. The number of carbonyl (C=O) groups is 1. The molecule has 2 aromatic rings. The van der Waals surface area contributed by atoms with Crippen LogP contribution in [0.5, 0.6) is 0 Å². The lowest BCUT2D eigenvalue weighted by molar-refractivity contribution is -0.117. The zero-order chi connectivity index (χ0) is 13.2. The van der Waals surface area contributed by atoms with Crippen molar-refractivity contribution < 1.29 is 4.79 Å². The molecule has 1 aromatic carbocycles. The maximum Gasteiger partial charge on any atom is 0.228 e. The molecule has 4 heteroatoms.